The molecule has 14 nitrogen and oxygen atoms in total. The molecule has 3 N–H and O–H groups in total. The van der Waals surface area contributed by atoms with Crippen molar-refractivity contribution >= 4 is 44.0 Å². The first-order valence-corrected chi connectivity index (χ1v) is 22.2. The molecule has 0 unspecified atom stereocenters. The molecule has 0 radical (unpaired) electrons. The number of pyridine rings is 1. The van der Waals surface area contributed by atoms with Gasteiger partial charge in [0.2, 0.25) is 0 Å². The van der Waals surface area contributed by atoms with Crippen molar-refractivity contribution in [3.8, 4) is 11.5 Å². The maximum absolute atomic E-state index is 13.9. The van der Waals surface area contributed by atoms with Crippen molar-refractivity contribution in [3.63, 3.8) is 0 Å². The SMILES string of the molecule is O=C(NS(=O)(=O)c1ccc(NCC2CCOCC2)c([N+](=O)[O-])c1)c1ccc(N2CCC(N3CCC[C@@H]3c3ccccc3C3CC3)CC2)cc1Oc1cnc2[nH]ccc2c1. The van der Waals surface area contributed by atoms with Crippen molar-refractivity contribution in [2.45, 2.75) is 74.3 Å². The number of carbonyl (C=O) groups is 1. The average molecular weight is 820 g/mol. The number of hydrogen-bond acceptors (Lipinski definition) is 11. The number of H-pyrrole nitrogens is 1. The molecule has 9 rings (SSSR count). The summed E-state index contributed by atoms with van der Waals surface area (Å²) in [6.45, 7) is 4.48. The molecular formula is C44H49N7O7S. The van der Waals surface area contributed by atoms with E-state index in [1.807, 2.05) is 12.1 Å². The fraction of sp³-hybridized carbons (Fsp3) is 0.409. The fourth-order valence-corrected chi connectivity index (χ4v) is 10.1. The van der Waals surface area contributed by atoms with Crippen molar-refractivity contribution in [2.75, 3.05) is 49.6 Å². The lowest BCUT2D eigenvalue weighted by atomic mass is 9.93. The lowest BCUT2D eigenvalue weighted by Crippen LogP contribution is -2.44. The van der Waals surface area contributed by atoms with Gasteiger partial charge in [0.15, 0.2) is 0 Å². The highest BCUT2D eigenvalue weighted by Gasteiger charge is 2.37. The highest BCUT2D eigenvalue weighted by Crippen LogP contribution is 2.46. The van der Waals surface area contributed by atoms with Crippen LogP contribution in [0.15, 0.2) is 90.1 Å². The molecule has 15 heteroatoms. The second-order valence-corrected chi connectivity index (χ2v) is 17.9. The van der Waals surface area contributed by atoms with E-state index in [1.54, 1.807) is 30.6 Å². The van der Waals surface area contributed by atoms with Crippen molar-refractivity contribution in [1.29, 1.82) is 0 Å². The molecule has 0 spiro atoms. The van der Waals surface area contributed by atoms with Gasteiger partial charge in [0, 0.05) is 74.3 Å². The standard InChI is InChI=1S/C44H49N7O7S/c52-44(48-59(55,56)35-10-12-39(41(26-35)51(53)54)46-27-29-16-22-57-23-17-29)38-11-9-33(25-42(38)58-34-24-31-13-18-45-43(31)47-28-34)49-20-14-32(15-21-49)50-19-3-6-40(50)37-5-2-1-4-36(37)30-7-8-30/h1-2,4-5,9-13,18,24-26,28-30,32,40,46H,3,6-8,14-17,19-23,27H2,(H,45,47)(H,48,52)/t40-/m1/s1. The van der Waals surface area contributed by atoms with E-state index in [2.05, 4.69) is 54.1 Å². The first-order chi connectivity index (χ1) is 28.7. The number of likely N-dealkylation sites (tertiary alicyclic amines) is 1. The number of ether oxygens (including phenoxy) is 2. The fourth-order valence-electron chi connectivity index (χ4n) is 9.10. The van der Waals surface area contributed by atoms with Gasteiger partial charge >= 0.3 is 0 Å². The molecule has 5 heterocycles. The maximum Gasteiger partial charge on any atom is 0.293 e. The minimum Gasteiger partial charge on any atom is -0.455 e. The Bertz CT molecular complexity index is 2460. The molecule has 1 atom stereocenters. The summed E-state index contributed by atoms with van der Waals surface area (Å²) in [5.74, 6) is 0.585. The number of aromatic nitrogens is 2. The third-order valence-corrected chi connectivity index (χ3v) is 13.7. The van der Waals surface area contributed by atoms with E-state index in [-0.39, 0.29) is 22.9 Å². The monoisotopic (exact) mass is 819 g/mol. The van der Waals surface area contributed by atoms with Crippen LogP contribution in [0, 0.1) is 16.0 Å². The van der Waals surface area contributed by atoms with E-state index < -0.39 is 31.4 Å². The Labute approximate surface area is 343 Å². The molecule has 3 aromatic carbocycles. The maximum atomic E-state index is 13.9. The minimum atomic E-state index is -4.54. The number of nitrogens with zero attached hydrogens (tertiary/aromatic N) is 4. The predicted octanol–water partition coefficient (Wildman–Crippen LogP) is 7.90. The summed E-state index contributed by atoms with van der Waals surface area (Å²) in [6.07, 6.45) is 11.9. The van der Waals surface area contributed by atoms with Crippen LogP contribution < -0.4 is 19.7 Å². The Balaban J connectivity index is 0.932. The Kier molecular flexibility index (Phi) is 11.0. The predicted molar refractivity (Wildman–Crippen MR) is 225 cm³/mol. The van der Waals surface area contributed by atoms with Gasteiger partial charge in [-0.05, 0) is 117 Å². The number of benzene rings is 3. The van der Waals surface area contributed by atoms with E-state index in [0.717, 1.165) is 62.5 Å². The van der Waals surface area contributed by atoms with E-state index in [4.69, 9.17) is 9.47 Å². The smallest absolute Gasteiger partial charge is 0.293 e. The highest BCUT2D eigenvalue weighted by molar-refractivity contribution is 7.90. The van der Waals surface area contributed by atoms with E-state index >= 15 is 0 Å². The number of amides is 1. The van der Waals surface area contributed by atoms with Crippen molar-refractivity contribution in [3.05, 3.63) is 112 Å². The van der Waals surface area contributed by atoms with Gasteiger partial charge in [0.25, 0.3) is 21.6 Å². The number of anilines is 2. The van der Waals surface area contributed by atoms with Crippen LogP contribution in [-0.4, -0.2) is 79.6 Å². The number of carbonyl (C=O) groups excluding carboxylic acids is 1. The normalized spacial score (nSPS) is 19.5. The van der Waals surface area contributed by atoms with Gasteiger partial charge < -0.3 is 24.7 Å². The van der Waals surface area contributed by atoms with Gasteiger partial charge in [-0.1, -0.05) is 24.3 Å². The minimum absolute atomic E-state index is 0.0140. The number of fused-ring (bicyclic) bond motifs is 1. The number of nitro benzene ring substituents is 1. The van der Waals surface area contributed by atoms with Crippen LogP contribution in [0.5, 0.6) is 11.5 Å². The first kappa shape index (κ1) is 39.0. The molecule has 308 valence electrons. The number of nitrogens with one attached hydrogen (secondary N) is 3. The first-order valence-electron chi connectivity index (χ1n) is 20.7. The quantitative estimate of drug-likeness (QED) is 0.0779. The highest BCUT2D eigenvalue weighted by atomic mass is 32.2. The molecule has 4 aliphatic rings. The van der Waals surface area contributed by atoms with E-state index in [9.17, 15) is 23.3 Å². The van der Waals surface area contributed by atoms with Crippen LogP contribution >= 0.6 is 0 Å². The molecule has 2 aromatic heterocycles. The summed E-state index contributed by atoms with van der Waals surface area (Å²) in [4.78, 5) is 37.4. The zero-order valence-electron chi connectivity index (χ0n) is 32.8. The van der Waals surface area contributed by atoms with Crippen LogP contribution in [0.2, 0.25) is 0 Å². The van der Waals surface area contributed by atoms with Crippen LogP contribution in [-0.2, 0) is 14.8 Å². The largest absolute Gasteiger partial charge is 0.455 e. The summed E-state index contributed by atoms with van der Waals surface area (Å²) in [6, 6.07) is 22.3. The van der Waals surface area contributed by atoms with Crippen LogP contribution in [0.25, 0.3) is 11.0 Å². The van der Waals surface area contributed by atoms with Gasteiger partial charge in [-0.2, -0.15) is 0 Å². The molecule has 0 bridgehead atoms. The molecule has 1 amide bonds. The Morgan fingerprint density at radius 1 is 0.932 bits per heavy atom. The topological polar surface area (TPSA) is 172 Å². The van der Waals surface area contributed by atoms with Crippen molar-refractivity contribution in [2.24, 2.45) is 5.92 Å². The van der Waals surface area contributed by atoms with Gasteiger partial charge in [0.1, 0.15) is 22.8 Å². The zero-order chi connectivity index (χ0) is 40.5. The van der Waals surface area contributed by atoms with E-state index in [0.29, 0.717) is 49.2 Å². The summed E-state index contributed by atoms with van der Waals surface area (Å²) >= 11 is 0. The van der Waals surface area contributed by atoms with Crippen molar-refractivity contribution in [1.82, 2.24) is 19.6 Å². The molecule has 5 aromatic rings. The second-order valence-electron chi connectivity index (χ2n) is 16.2. The Morgan fingerprint density at radius 2 is 1.73 bits per heavy atom. The van der Waals surface area contributed by atoms with Gasteiger partial charge in [-0.3, -0.25) is 19.8 Å². The number of rotatable bonds is 13. The third-order valence-electron chi connectivity index (χ3n) is 12.4. The van der Waals surface area contributed by atoms with Crippen LogP contribution in [0.4, 0.5) is 17.1 Å². The molecule has 59 heavy (non-hydrogen) atoms. The van der Waals surface area contributed by atoms with Gasteiger partial charge in [-0.25, -0.2) is 18.1 Å². The summed E-state index contributed by atoms with van der Waals surface area (Å²) in [5, 5.41) is 16.0. The number of aromatic amines is 1. The molecule has 4 fully saturated rings. The van der Waals surface area contributed by atoms with Crippen molar-refractivity contribution < 1.29 is 27.6 Å². The second kappa shape index (κ2) is 16.6. The number of hydrogen-bond donors (Lipinski definition) is 3. The van der Waals surface area contributed by atoms with Crippen LogP contribution in [0.3, 0.4) is 0 Å². The molecule has 1 aliphatic carbocycles. The van der Waals surface area contributed by atoms with Gasteiger partial charge in [0.05, 0.1) is 21.6 Å². The Morgan fingerprint density at radius 3 is 2.51 bits per heavy atom. The average Bonchev–Trinajstić information content (AvgIpc) is 3.79. The van der Waals surface area contributed by atoms with Gasteiger partial charge in [-0.15, -0.1) is 0 Å². The van der Waals surface area contributed by atoms with Crippen LogP contribution in [0.1, 0.15) is 84.8 Å². The summed E-state index contributed by atoms with van der Waals surface area (Å²) in [5.41, 5.74) is 4.35. The molecule has 1 saturated carbocycles. The zero-order valence-corrected chi connectivity index (χ0v) is 33.7. The lowest BCUT2D eigenvalue weighted by molar-refractivity contribution is -0.384. The van der Waals surface area contributed by atoms with E-state index in [1.165, 1.54) is 48.9 Å². The Hall–Kier alpha value is -5.51. The third kappa shape index (κ3) is 8.50. The number of piperidine rings is 1. The molecule has 3 saturated heterocycles. The molecule has 3 aliphatic heterocycles. The molecular weight excluding hydrogens is 771 g/mol. The summed E-state index contributed by atoms with van der Waals surface area (Å²) < 4.78 is 41.2. The number of nitro groups is 1. The number of sulfonamides is 1. The summed E-state index contributed by atoms with van der Waals surface area (Å²) in [7, 11) is -4.54. The lowest BCUT2D eigenvalue weighted by Gasteiger charge is -2.41.